The molecule has 0 radical (unpaired) electrons. The molecule has 118 valence electrons. The van der Waals surface area contributed by atoms with Crippen molar-refractivity contribution in [2.75, 3.05) is 11.9 Å². The molecule has 0 fully saturated rings. The van der Waals surface area contributed by atoms with Crippen molar-refractivity contribution in [1.29, 1.82) is 0 Å². The van der Waals surface area contributed by atoms with Crippen molar-refractivity contribution in [3.05, 3.63) is 52.3 Å². The second kappa shape index (κ2) is 5.84. The Balaban J connectivity index is 1.61. The summed E-state index contributed by atoms with van der Waals surface area (Å²) >= 11 is 0. The minimum absolute atomic E-state index is 0.175. The molecule has 2 aromatic heterocycles. The summed E-state index contributed by atoms with van der Waals surface area (Å²) in [6, 6.07) is 6.51. The van der Waals surface area contributed by atoms with E-state index in [1.165, 1.54) is 6.26 Å². The maximum absolute atomic E-state index is 11.9. The Morgan fingerprint density at radius 2 is 1.96 bits per heavy atom. The third kappa shape index (κ3) is 3.15. The summed E-state index contributed by atoms with van der Waals surface area (Å²) in [6.45, 7) is 1.49. The van der Waals surface area contributed by atoms with Crippen molar-refractivity contribution in [3.8, 4) is 0 Å². The molecule has 8 heteroatoms. The predicted octanol–water partition coefficient (Wildman–Crippen LogP) is 1.13. The summed E-state index contributed by atoms with van der Waals surface area (Å²) in [5.74, 6) is -0.265. The molecule has 3 rings (SSSR count). The van der Waals surface area contributed by atoms with Crippen LogP contribution in [0.3, 0.4) is 0 Å². The number of carbonyl (C=O) groups is 2. The molecular weight excluding hydrogens is 300 g/mol. The zero-order valence-electron chi connectivity index (χ0n) is 12.2. The first-order valence-corrected chi connectivity index (χ1v) is 6.87. The maximum Gasteiger partial charge on any atom is 0.323 e. The highest BCUT2D eigenvalue weighted by Crippen LogP contribution is 2.14. The number of hydrogen-bond donors (Lipinski definition) is 4. The Hall–Kier alpha value is -3.29. The Morgan fingerprint density at radius 3 is 2.70 bits per heavy atom. The van der Waals surface area contributed by atoms with Gasteiger partial charge in [0.05, 0.1) is 29.4 Å². The number of carbonyl (C=O) groups excluding carboxylic acids is 2. The van der Waals surface area contributed by atoms with E-state index in [0.717, 1.165) is 0 Å². The molecule has 1 aromatic carbocycles. The molecular formula is C15H14N4O4. The van der Waals surface area contributed by atoms with Gasteiger partial charge in [0.1, 0.15) is 5.76 Å². The summed E-state index contributed by atoms with van der Waals surface area (Å²) < 4.78 is 5.04. The second-order valence-corrected chi connectivity index (χ2v) is 4.96. The van der Waals surface area contributed by atoms with Crippen LogP contribution < -0.4 is 16.3 Å². The standard InChI is InChI=1S/C15H14N4O4/c1-8-10(4-5-23-8)14(21)16-7-13(20)17-9-2-3-11-12(6-9)19-15(22)18-11/h2-6H,7H2,1H3,(H,16,21)(H,17,20)(H2,18,19,22). The average molecular weight is 314 g/mol. The number of aromatic nitrogens is 2. The zero-order chi connectivity index (χ0) is 16.4. The van der Waals surface area contributed by atoms with E-state index in [0.29, 0.717) is 28.0 Å². The van der Waals surface area contributed by atoms with E-state index >= 15 is 0 Å². The Bertz CT molecular complexity index is 934. The molecule has 0 saturated carbocycles. The van der Waals surface area contributed by atoms with Crippen molar-refractivity contribution in [2.24, 2.45) is 0 Å². The van der Waals surface area contributed by atoms with E-state index in [-0.39, 0.29) is 24.0 Å². The monoisotopic (exact) mass is 314 g/mol. The lowest BCUT2D eigenvalue weighted by molar-refractivity contribution is -0.115. The molecule has 0 saturated heterocycles. The van der Waals surface area contributed by atoms with Crippen LogP contribution in [-0.2, 0) is 4.79 Å². The van der Waals surface area contributed by atoms with Crippen LogP contribution in [-0.4, -0.2) is 28.3 Å². The molecule has 2 amide bonds. The summed E-state index contributed by atoms with van der Waals surface area (Å²) in [5.41, 5.74) is 1.84. The average Bonchev–Trinajstić information content (AvgIpc) is 3.09. The fourth-order valence-electron chi connectivity index (χ4n) is 2.19. The lowest BCUT2D eigenvalue weighted by Gasteiger charge is -2.06. The number of imidazole rings is 1. The van der Waals surface area contributed by atoms with E-state index in [1.54, 1.807) is 31.2 Å². The molecule has 23 heavy (non-hydrogen) atoms. The van der Waals surface area contributed by atoms with Gasteiger partial charge in [0.2, 0.25) is 5.91 Å². The van der Waals surface area contributed by atoms with Crippen molar-refractivity contribution < 1.29 is 14.0 Å². The number of anilines is 1. The minimum Gasteiger partial charge on any atom is -0.469 e. The van der Waals surface area contributed by atoms with Gasteiger partial charge in [-0.25, -0.2) is 4.79 Å². The van der Waals surface area contributed by atoms with Crippen LogP contribution in [0.2, 0.25) is 0 Å². The number of aryl methyl sites for hydroxylation is 1. The number of fused-ring (bicyclic) bond motifs is 1. The molecule has 3 aromatic rings. The van der Waals surface area contributed by atoms with Crippen LogP contribution in [0, 0.1) is 6.92 Å². The first-order valence-electron chi connectivity index (χ1n) is 6.87. The smallest absolute Gasteiger partial charge is 0.323 e. The first kappa shape index (κ1) is 14.6. The van der Waals surface area contributed by atoms with Gasteiger partial charge in [-0.2, -0.15) is 0 Å². The van der Waals surface area contributed by atoms with Crippen LogP contribution >= 0.6 is 0 Å². The predicted molar refractivity (Wildman–Crippen MR) is 83.3 cm³/mol. The highest BCUT2D eigenvalue weighted by Gasteiger charge is 2.12. The van der Waals surface area contributed by atoms with Crippen molar-refractivity contribution >= 4 is 28.5 Å². The van der Waals surface area contributed by atoms with E-state index in [9.17, 15) is 14.4 Å². The van der Waals surface area contributed by atoms with Gasteiger partial charge in [0.25, 0.3) is 5.91 Å². The van der Waals surface area contributed by atoms with E-state index in [4.69, 9.17) is 4.42 Å². The molecule has 0 unspecified atom stereocenters. The molecule has 0 spiro atoms. The molecule has 4 N–H and O–H groups in total. The van der Waals surface area contributed by atoms with E-state index in [1.807, 2.05) is 0 Å². The third-order valence-electron chi connectivity index (χ3n) is 3.31. The number of furan rings is 1. The maximum atomic E-state index is 11.9. The fourth-order valence-corrected chi connectivity index (χ4v) is 2.19. The topological polar surface area (TPSA) is 120 Å². The van der Waals surface area contributed by atoms with Gasteiger partial charge in [0.15, 0.2) is 0 Å². The molecule has 0 aliphatic rings. The van der Waals surface area contributed by atoms with E-state index in [2.05, 4.69) is 20.6 Å². The quantitative estimate of drug-likeness (QED) is 0.577. The lowest BCUT2D eigenvalue weighted by Crippen LogP contribution is -2.32. The van der Waals surface area contributed by atoms with Gasteiger partial charge in [-0.05, 0) is 31.2 Å². The van der Waals surface area contributed by atoms with Crippen LogP contribution in [0.1, 0.15) is 16.1 Å². The van der Waals surface area contributed by atoms with Crippen LogP contribution in [0.5, 0.6) is 0 Å². The third-order valence-corrected chi connectivity index (χ3v) is 3.31. The summed E-state index contributed by atoms with van der Waals surface area (Å²) in [5, 5.41) is 5.16. The van der Waals surface area contributed by atoms with Gasteiger partial charge in [0, 0.05) is 5.69 Å². The Labute approximate surface area is 129 Å². The first-order chi connectivity index (χ1) is 11.0. The Morgan fingerprint density at radius 1 is 1.17 bits per heavy atom. The number of rotatable bonds is 4. The molecule has 0 aliphatic heterocycles. The largest absolute Gasteiger partial charge is 0.469 e. The summed E-state index contributed by atoms with van der Waals surface area (Å²) in [6.07, 6.45) is 1.41. The van der Waals surface area contributed by atoms with Crippen molar-refractivity contribution in [2.45, 2.75) is 6.92 Å². The SMILES string of the molecule is Cc1occc1C(=O)NCC(=O)Nc1ccc2[nH]c(=O)[nH]c2c1. The Kier molecular flexibility index (Phi) is 3.71. The number of hydrogen-bond acceptors (Lipinski definition) is 4. The zero-order valence-corrected chi connectivity index (χ0v) is 12.2. The summed E-state index contributed by atoms with van der Waals surface area (Å²) in [7, 11) is 0. The van der Waals surface area contributed by atoms with Crippen LogP contribution in [0.25, 0.3) is 11.0 Å². The number of nitrogens with one attached hydrogen (secondary N) is 4. The molecule has 0 bridgehead atoms. The number of benzene rings is 1. The fraction of sp³-hybridized carbons (Fsp3) is 0.133. The van der Waals surface area contributed by atoms with Gasteiger partial charge >= 0.3 is 5.69 Å². The van der Waals surface area contributed by atoms with Gasteiger partial charge in [-0.1, -0.05) is 0 Å². The second-order valence-electron chi connectivity index (χ2n) is 4.96. The number of amides is 2. The van der Waals surface area contributed by atoms with Gasteiger partial charge in [-0.3, -0.25) is 9.59 Å². The molecule has 2 heterocycles. The van der Waals surface area contributed by atoms with Crippen molar-refractivity contribution in [1.82, 2.24) is 15.3 Å². The van der Waals surface area contributed by atoms with Crippen LogP contribution in [0.4, 0.5) is 5.69 Å². The number of H-pyrrole nitrogens is 2. The lowest BCUT2D eigenvalue weighted by atomic mass is 10.2. The molecule has 8 nitrogen and oxygen atoms in total. The van der Waals surface area contributed by atoms with Gasteiger partial charge < -0.3 is 25.0 Å². The highest BCUT2D eigenvalue weighted by atomic mass is 16.3. The normalized spacial score (nSPS) is 10.7. The van der Waals surface area contributed by atoms with Crippen LogP contribution in [0.15, 0.2) is 39.7 Å². The van der Waals surface area contributed by atoms with E-state index < -0.39 is 0 Å². The van der Waals surface area contributed by atoms with Crippen molar-refractivity contribution in [3.63, 3.8) is 0 Å². The summed E-state index contributed by atoms with van der Waals surface area (Å²) in [4.78, 5) is 40.2. The minimum atomic E-state index is -0.378. The highest BCUT2D eigenvalue weighted by molar-refractivity contribution is 6.00. The number of aromatic amines is 2. The molecule has 0 atom stereocenters. The molecule has 0 aliphatic carbocycles. The van der Waals surface area contributed by atoms with Gasteiger partial charge in [-0.15, -0.1) is 0 Å².